The highest BCUT2D eigenvalue weighted by Crippen LogP contribution is 2.39. The van der Waals surface area contributed by atoms with Crippen molar-refractivity contribution in [2.24, 2.45) is 0 Å². The number of benzene rings is 3. The number of ether oxygens (including phenoxy) is 1. The Hall–Kier alpha value is -2.78. The van der Waals surface area contributed by atoms with Crippen molar-refractivity contribution in [1.82, 2.24) is 4.98 Å². The lowest BCUT2D eigenvalue weighted by Gasteiger charge is -2.12. The van der Waals surface area contributed by atoms with Gasteiger partial charge in [0, 0.05) is 26.9 Å². The monoisotopic (exact) mass is 343 g/mol. The average Bonchev–Trinajstić information content (AvgIpc) is 2.69. The van der Waals surface area contributed by atoms with Gasteiger partial charge in [-0.05, 0) is 29.7 Å². The van der Waals surface area contributed by atoms with Crippen molar-refractivity contribution in [2.45, 2.75) is 9.79 Å². The molecule has 122 valence electrons. The highest BCUT2D eigenvalue weighted by Gasteiger charge is 2.12. The number of nitrogens with zero attached hydrogens (tertiary/aromatic N) is 1. The van der Waals surface area contributed by atoms with Crippen molar-refractivity contribution >= 4 is 22.5 Å². The van der Waals surface area contributed by atoms with Gasteiger partial charge in [0.1, 0.15) is 5.75 Å². The van der Waals surface area contributed by atoms with Crippen LogP contribution in [0.5, 0.6) is 5.75 Å². The van der Waals surface area contributed by atoms with Crippen LogP contribution in [0.3, 0.4) is 0 Å². The van der Waals surface area contributed by atoms with Gasteiger partial charge in [0.25, 0.3) is 0 Å². The highest BCUT2D eigenvalue weighted by atomic mass is 32.2. The zero-order valence-corrected chi connectivity index (χ0v) is 14.7. The van der Waals surface area contributed by atoms with Crippen LogP contribution < -0.4 is 4.74 Å². The zero-order chi connectivity index (χ0) is 17.1. The van der Waals surface area contributed by atoms with Crippen molar-refractivity contribution in [3.8, 4) is 17.0 Å². The first-order valence-electron chi connectivity index (χ1n) is 8.10. The molecular formula is C22H17NOS. The Morgan fingerprint density at radius 3 is 2.28 bits per heavy atom. The summed E-state index contributed by atoms with van der Waals surface area (Å²) in [5.74, 6) is 0.865. The van der Waals surface area contributed by atoms with Crippen molar-refractivity contribution in [2.75, 3.05) is 7.11 Å². The van der Waals surface area contributed by atoms with Gasteiger partial charge in [0.15, 0.2) is 0 Å². The minimum Gasteiger partial charge on any atom is -0.497 e. The summed E-state index contributed by atoms with van der Waals surface area (Å²) in [5, 5.41) is 2.37. The molecule has 4 aromatic rings. The predicted octanol–water partition coefficient (Wildman–Crippen LogP) is 6.06. The first-order chi connectivity index (χ1) is 12.3. The third-order valence-corrected chi connectivity index (χ3v) is 5.21. The number of fused-ring (bicyclic) bond motifs is 1. The molecule has 0 amide bonds. The summed E-state index contributed by atoms with van der Waals surface area (Å²) in [6.45, 7) is 0. The second-order valence-electron chi connectivity index (χ2n) is 5.67. The van der Waals surface area contributed by atoms with Crippen LogP contribution in [0.1, 0.15) is 0 Å². The lowest BCUT2D eigenvalue weighted by molar-refractivity contribution is 0.414. The first kappa shape index (κ1) is 15.7. The molecule has 0 aliphatic carbocycles. The summed E-state index contributed by atoms with van der Waals surface area (Å²) < 4.78 is 5.26. The number of rotatable bonds is 4. The minimum atomic E-state index is 0.865. The average molecular weight is 343 g/mol. The van der Waals surface area contributed by atoms with Gasteiger partial charge in [-0.2, -0.15) is 0 Å². The van der Waals surface area contributed by atoms with E-state index in [0.717, 1.165) is 27.3 Å². The van der Waals surface area contributed by atoms with Gasteiger partial charge in [-0.15, -0.1) is 0 Å². The molecule has 3 heteroatoms. The fraction of sp³-hybridized carbons (Fsp3) is 0.0455. The van der Waals surface area contributed by atoms with Gasteiger partial charge in [-0.3, -0.25) is 4.98 Å². The van der Waals surface area contributed by atoms with Crippen molar-refractivity contribution in [3.05, 3.63) is 85.1 Å². The fourth-order valence-electron chi connectivity index (χ4n) is 2.80. The molecule has 3 aromatic carbocycles. The normalized spacial score (nSPS) is 10.8. The number of hydrogen-bond acceptors (Lipinski definition) is 3. The Morgan fingerprint density at radius 2 is 1.52 bits per heavy atom. The molecule has 0 N–H and O–H groups in total. The lowest BCUT2D eigenvalue weighted by Crippen LogP contribution is -1.90. The molecule has 0 saturated heterocycles. The maximum absolute atomic E-state index is 5.26. The van der Waals surface area contributed by atoms with E-state index in [1.165, 1.54) is 10.3 Å². The molecule has 25 heavy (non-hydrogen) atoms. The molecule has 1 heterocycles. The van der Waals surface area contributed by atoms with E-state index in [4.69, 9.17) is 9.72 Å². The van der Waals surface area contributed by atoms with Gasteiger partial charge < -0.3 is 4.74 Å². The molecule has 0 aliphatic rings. The summed E-state index contributed by atoms with van der Waals surface area (Å²) in [6.07, 6.45) is 1.95. The largest absolute Gasteiger partial charge is 0.497 e. The minimum absolute atomic E-state index is 0.865. The zero-order valence-electron chi connectivity index (χ0n) is 13.8. The second-order valence-corrected chi connectivity index (χ2v) is 6.75. The van der Waals surface area contributed by atoms with Crippen LogP contribution in [0.15, 0.2) is 94.9 Å². The van der Waals surface area contributed by atoms with E-state index >= 15 is 0 Å². The molecule has 0 unspecified atom stereocenters. The maximum Gasteiger partial charge on any atom is 0.118 e. The second kappa shape index (κ2) is 6.99. The Balaban J connectivity index is 1.86. The smallest absolute Gasteiger partial charge is 0.118 e. The van der Waals surface area contributed by atoms with Crippen LogP contribution in [0.4, 0.5) is 0 Å². The molecule has 0 radical (unpaired) electrons. The molecule has 1 aromatic heterocycles. The standard InChI is InChI=1S/C22H17NOS/c1-24-18-11-13-19(14-12-18)25-22-20-10-6-5-9-17(20)15-23-21(22)16-7-3-2-4-8-16/h2-15H,1H3. The van der Waals surface area contributed by atoms with Gasteiger partial charge >= 0.3 is 0 Å². The predicted molar refractivity (Wildman–Crippen MR) is 104 cm³/mol. The van der Waals surface area contributed by atoms with Gasteiger partial charge in [0.05, 0.1) is 12.8 Å². The number of methoxy groups -OCH3 is 1. The highest BCUT2D eigenvalue weighted by molar-refractivity contribution is 7.99. The van der Waals surface area contributed by atoms with E-state index in [-0.39, 0.29) is 0 Å². The van der Waals surface area contributed by atoms with Crippen LogP contribution in [0, 0.1) is 0 Å². The quantitative estimate of drug-likeness (QED) is 0.449. The fourth-order valence-corrected chi connectivity index (χ4v) is 3.87. The maximum atomic E-state index is 5.26. The van der Waals surface area contributed by atoms with Crippen molar-refractivity contribution in [3.63, 3.8) is 0 Å². The van der Waals surface area contributed by atoms with Crippen LogP contribution in [0.25, 0.3) is 22.0 Å². The van der Waals surface area contributed by atoms with Crippen molar-refractivity contribution in [1.29, 1.82) is 0 Å². The molecule has 0 saturated carbocycles. The summed E-state index contributed by atoms with van der Waals surface area (Å²) in [7, 11) is 1.68. The van der Waals surface area contributed by atoms with Crippen LogP contribution >= 0.6 is 11.8 Å². The molecule has 2 nitrogen and oxygen atoms in total. The SMILES string of the molecule is COc1ccc(Sc2c(-c3ccccc3)ncc3ccccc23)cc1. The first-order valence-corrected chi connectivity index (χ1v) is 8.92. The van der Waals surface area contributed by atoms with E-state index < -0.39 is 0 Å². The Bertz CT molecular complexity index is 997. The van der Waals surface area contributed by atoms with Crippen molar-refractivity contribution < 1.29 is 4.74 Å². The third-order valence-electron chi connectivity index (χ3n) is 4.08. The van der Waals surface area contributed by atoms with Crippen LogP contribution in [-0.2, 0) is 0 Å². The molecule has 0 spiro atoms. The lowest BCUT2D eigenvalue weighted by atomic mass is 10.1. The number of hydrogen-bond donors (Lipinski definition) is 0. The van der Waals surface area contributed by atoms with Gasteiger partial charge in [-0.1, -0.05) is 66.4 Å². The molecule has 0 bridgehead atoms. The molecule has 0 aliphatic heterocycles. The van der Waals surface area contributed by atoms with E-state index in [1.807, 2.05) is 42.6 Å². The van der Waals surface area contributed by atoms with E-state index in [1.54, 1.807) is 18.9 Å². The van der Waals surface area contributed by atoms with E-state index in [9.17, 15) is 0 Å². The van der Waals surface area contributed by atoms with Gasteiger partial charge in [-0.25, -0.2) is 0 Å². The van der Waals surface area contributed by atoms with Crippen LogP contribution in [-0.4, -0.2) is 12.1 Å². The Labute approximate surface area is 151 Å². The Kier molecular flexibility index (Phi) is 4.40. The molecule has 0 atom stereocenters. The topological polar surface area (TPSA) is 22.1 Å². The molecule has 0 fully saturated rings. The number of pyridine rings is 1. The summed E-state index contributed by atoms with van der Waals surface area (Å²) in [6, 6.07) is 26.9. The summed E-state index contributed by atoms with van der Waals surface area (Å²) in [4.78, 5) is 7.10. The van der Waals surface area contributed by atoms with Gasteiger partial charge in [0.2, 0.25) is 0 Å². The van der Waals surface area contributed by atoms with E-state index in [0.29, 0.717) is 0 Å². The number of aromatic nitrogens is 1. The third kappa shape index (κ3) is 3.24. The molecular weight excluding hydrogens is 326 g/mol. The summed E-state index contributed by atoms with van der Waals surface area (Å²) >= 11 is 1.74. The van der Waals surface area contributed by atoms with E-state index in [2.05, 4.69) is 42.5 Å². The molecule has 4 rings (SSSR count). The van der Waals surface area contributed by atoms with Crippen LogP contribution in [0.2, 0.25) is 0 Å². The summed E-state index contributed by atoms with van der Waals surface area (Å²) in [5.41, 5.74) is 2.14. The Morgan fingerprint density at radius 1 is 0.800 bits per heavy atom.